The van der Waals surface area contributed by atoms with Gasteiger partial charge in [0, 0.05) is 17.0 Å². The molecule has 1 saturated carbocycles. The standard InChI is InChI=1S/C14H19N3OS/c1-19-14(5-2-6-14)9-17-12-4-3-10(15)7-11(12)16-13(17)8-18/h3-4,7,18H,2,5-6,8-9,15H2,1H3. The minimum absolute atomic E-state index is 0.0287. The number of anilines is 1. The molecule has 5 heteroatoms. The largest absolute Gasteiger partial charge is 0.399 e. The van der Waals surface area contributed by atoms with E-state index in [-0.39, 0.29) is 6.61 Å². The second-order valence-electron chi connectivity index (χ2n) is 5.26. The fraction of sp³-hybridized carbons (Fsp3) is 0.500. The zero-order valence-corrected chi connectivity index (χ0v) is 11.9. The molecule has 1 aliphatic carbocycles. The van der Waals surface area contributed by atoms with Gasteiger partial charge in [-0.2, -0.15) is 11.8 Å². The van der Waals surface area contributed by atoms with Crippen molar-refractivity contribution in [3.63, 3.8) is 0 Å². The first-order valence-electron chi connectivity index (χ1n) is 6.58. The van der Waals surface area contributed by atoms with Gasteiger partial charge in [-0.1, -0.05) is 6.42 Å². The molecule has 4 nitrogen and oxygen atoms in total. The summed E-state index contributed by atoms with van der Waals surface area (Å²) in [7, 11) is 0. The lowest BCUT2D eigenvalue weighted by atomic mass is 9.84. The number of nitrogen functional groups attached to an aromatic ring is 1. The number of aromatic nitrogens is 2. The first-order valence-corrected chi connectivity index (χ1v) is 7.80. The number of hydrogen-bond donors (Lipinski definition) is 2. The van der Waals surface area contributed by atoms with Crippen LogP contribution in [0.3, 0.4) is 0 Å². The molecule has 3 rings (SSSR count). The highest BCUT2D eigenvalue weighted by atomic mass is 32.2. The van der Waals surface area contributed by atoms with Crippen molar-refractivity contribution in [2.75, 3.05) is 12.0 Å². The maximum atomic E-state index is 9.53. The van der Waals surface area contributed by atoms with Gasteiger partial charge in [-0.25, -0.2) is 4.98 Å². The number of fused-ring (bicyclic) bond motifs is 1. The van der Waals surface area contributed by atoms with E-state index in [1.54, 1.807) is 0 Å². The summed E-state index contributed by atoms with van der Waals surface area (Å²) in [6.07, 6.45) is 5.96. The molecule has 2 aromatic rings. The van der Waals surface area contributed by atoms with Crippen molar-refractivity contribution in [3.8, 4) is 0 Å². The zero-order valence-electron chi connectivity index (χ0n) is 11.1. The Morgan fingerprint density at radius 3 is 2.84 bits per heavy atom. The summed E-state index contributed by atoms with van der Waals surface area (Å²) < 4.78 is 2.48. The molecule has 1 aliphatic rings. The van der Waals surface area contributed by atoms with E-state index in [1.165, 1.54) is 19.3 Å². The van der Waals surface area contributed by atoms with Gasteiger partial charge in [0.2, 0.25) is 0 Å². The van der Waals surface area contributed by atoms with Gasteiger partial charge in [0.15, 0.2) is 0 Å². The Kier molecular flexibility index (Phi) is 3.19. The van der Waals surface area contributed by atoms with Gasteiger partial charge in [-0.3, -0.25) is 0 Å². The summed E-state index contributed by atoms with van der Waals surface area (Å²) in [5.74, 6) is 0.737. The Labute approximate surface area is 117 Å². The first kappa shape index (κ1) is 12.8. The van der Waals surface area contributed by atoms with E-state index in [0.717, 1.165) is 23.4 Å². The zero-order chi connectivity index (χ0) is 13.5. The van der Waals surface area contributed by atoms with Crippen LogP contribution in [0.5, 0.6) is 0 Å². The van der Waals surface area contributed by atoms with Gasteiger partial charge >= 0.3 is 0 Å². The van der Waals surface area contributed by atoms with Crippen LogP contribution in [-0.2, 0) is 13.2 Å². The van der Waals surface area contributed by atoms with Crippen LogP contribution in [0.4, 0.5) is 5.69 Å². The number of aliphatic hydroxyl groups excluding tert-OH is 1. The first-order chi connectivity index (χ1) is 9.17. The van der Waals surface area contributed by atoms with Crippen LogP contribution in [0.25, 0.3) is 11.0 Å². The molecule has 1 aromatic heterocycles. The third-order valence-corrected chi connectivity index (χ3v) is 5.54. The second kappa shape index (κ2) is 4.72. The second-order valence-corrected chi connectivity index (χ2v) is 6.54. The van der Waals surface area contributed by atoms with Gasteiger partial charge < -0.3 is 15.4 Å². The summed E-state index contributed by atoms with van der Waals surface area (Å²) in [4.78, 5) is 4.49. The molecule has 0 saturated heterocycles. The lowest BCUT2D eigenvalue weighted by Crippen LogP contribution is -2.38. The van der Waals surface area contributed by atoms with E-state index in [9.17, 15) is 5.11 Å². The van der Waals surface area contributed by atoms with Crippen molar-refractivity contribution in [1.82, 2.24) is 9.55 Å². The van der Waals surface area contributed by atoms with Crippen LogP contribution in [-0.4, -0.2) is 25.7 Å². The topological polar surface area (TPSA) is 64.1 Å². The molecule has 102 valence electrons. The van der Waals surface area contributed by atoms with Crippen molar-refractivity contribution >= 4 is 28.5 Å². The molecular formula is C14H19N3OS. The quantitative estimate of drug-likeness (QED) is 0.842. The number of hydrogen-bond acceptors (Lipinski definition) is 4. The molecule has 0 atom stereocenters. The van der Waals surface area contributed by atoms with Gasteiger partial charge in [-0.05, 0) is 37.3 Å². The normalized spacial score (nSPS) is 17.6. The third-order valence-electron chi connectivity index (χ3n) is 4.14. The molecule has 1 fully saturated rings. The van der Waals surface area contributed by atoms with E-state index in [2.05, 4.69) is 15.8 Å². The molecule has 0 spiro atoms. The van der Waals surface area contributed by atoms with Gasteiger partial charge in [0.1, 0.15) is 12.4 Å². The number of nitrogens with two attached hydrogens (primary N) is 1. The highest BCUT2D eigenvalue weighted by Gasteiger charge is 2.37. The van der Waals surface area contributed by atoms with Gasteiger partial charge in [0.05, 0.1) is 11.0 Å². The molecule has 19 heavy (non-hydrogen) atoms. The minimum atomic E-state index is -0.0287. The molecule has 0 bridgehead atoms. The van der Waals surface area contributed by atoms with Crippen LogP contribution in [0.1, 0.15) is 25.1 Å². The lowest BCUT2D eigenvalue weighted by molar-refractivity contribution is 0.256. The minimum Gasteiger partial charge on any atom is -0.399 e. The van der Waals surface area contributed by atoms with Crippen LogP contribution in [0.15, 0.2) is 18.2 Å². The summed E-state index contributed by atoms with van der Waals surface area (Å²) >= 11 is 1.93. The maximum Gasteiger partial charge on any atom is 0.135 e. The number of thioether (sulfide) groups is 1. The fourth-order valence-electron chi connectivity index (χ4n) is 2.78. The van der Waals surface area contributed by atoms with Crippen molar-refractivity contribution in [2.45, 2.75) is 37.2 Å². The fourth-order valence-corrected chi connectivity index (χ4v) is 3.74. The molecule has 3 N–H and O–H groups in total. The monoisotopic (exact) mass is 277 g/mol. The van der Waals surface area contributed by atoms with Crippen LogP contribution < -0.4 is 5.73 Å². The van der Waals surface area contributed by atoms with Gasteiger partial charge in [-0.15, -0.1) is 0 Å². The molecule has 0 aliphatic heterocycles. The number of aliphatic hydroxyl groups is 1. The van der Waals surface area contributed by atoms with Crippen molar-refractivity contribution < 1.29 is 5.11 Å². The van der Waals surface area contributed by atoms with Crippen molar-refractivity contribution in [1.29, 1.82) is 0 Å². The average molecular weight is 277 g/mol. The van der Waals surface area contributed by atoms with Crippen molar-refractivity contribution in [2.24, 2.45) is 0 Å². The predicted molar refractivity (Wildman–Crippen MR) is 80.2 cm³/mol. The summed E-state index contributed by atoms with van der Waals surface area (Å²) in [6, 6.07) is 5.77. The Hall–Kier alpha value is -1.20. The van der Waals surface area contributed by atoms with E-state index in [1.807, 2.05) is 30.0 Å². The van der Waals surface area contributed by atoms with E-state index >= 15 is 0 Å². The van der Waals surface area contributed by atoms with Gasteiger partial charge in [0.25, 0.3) is 0 Å². The molecule has 1 aromatic carbocycles. The maximum absolute atomic E-state index is 9.53. The number of nitrogens with zero attached hydrogens (tertiary/aromatic N) is 2. The molecule has 1 heterocycles. The highest BCUT2D eigenvalue weighted by Crippen LogP contribution is 2.44. The van der Waals surface area contributed by atoms with Crippen LogP contribution in [0, 0.1) is 0 Å². The summed E-state index contributed by atoms with van der Waals surface area (Å²) in [5.41, 5.74) is 8.46. The number of rotatable bonds is 4. The predicted octanol–water partition coefficient (Wildman–Crippen LogP) is 2.40. The summed E-state index contributed by atoms with van der Waals surface area (Å²) in [6.45, 7) is 0.892. The molecular weight excluding hydrogens is 258 g/mol. The lowest BCUT2D eigenvalue weighted by Gasteiger charge is -2.41. The molecule has 0 radical (unpaired) electrons. The SMILES string of the molecule is CSC1(Cn2c(CO)nc3cc(N)ccc32)CCC1. The van der Waals surface area contributed by atoms with Crippen LogP contribution in [0.2, 0.25) is 0 Å². The smallest absolute Gasteiger partial charge is 0.135 e. The van der Waals surface area contributed by atoms with Crippen LogP contribution >= 0.6 is 11.8 Å². The molecule has 0 amide bonds. The Morgan fingerprint density at radius 2 is 2.26 bits per heavy atom. The van der Waals surface area contributed by atoms with E-state index in [4.69, 9.17) is 5.73 Å². The third kappa shape index (κ3) is 2.11. The average Bonchev–Trinajstić information content (AvgIpc) is 2.70. The Balaban J connectivity index is 2.05. The summed E-state index contributed by atoms with van der Waals surface area (Å²) in [5, 5.41) is 9.53. The van der Waals surface area contributed by atoms with Crippen molar-refractivity contribution in [3.05, 3.63) is 24.0 Å². The number of benzene rings is 1. The van der Waals surface area contributed by atoms with E-state index in [0.29, 0.717) is 10.4 Å². The molecule has 0 unspecified atom stereocenters. The Bertz CT molecular complexity index is 598. The highest BCUT2D eigenvalue weighted by molar-refractivity contribution is 8.00. The van der Waals surface area contributed by atoms with E-state index < -0.39 is 0 Å². The Morgan fingerprint density at radius 1 is 1.47 bits per heavy atom. The number of imidazole rings is 1.